The van der Waals surface area contributed by atoms with Crippen molar-refractivity contribution in [3.8, 4) is 0 Å². The topological polar surface area (TPSA) is 74.8 Å². The first-order valence-electron chi connectivity index (χ1n) is 9.12. The Bertz CT molecular complexity index is 689. The van der Waals surface area contributed by atoms with Crippen LogP contribution in [0.3, 0.4) is 0 Å². The molecule has 2 atom stereocenters. The van der Waals surface area contributed by atoms with E-state index in [9.17, 15) is 9.59 Å². The largest absolute Gasteiger partial charge is 0.338 e. The number of carbonyl (C=O) groups excluding carboxylic acids is 2. The maximum atomic E-state index is 12.6. The Kier molecular flexibility index (Phi) is 7.83. The fraction of sp³-hybridized carbons (Fsp3) is 0.333. The van der Waals surface area contributed by atoms with E-state index in [4.69, 9.17) is 0 Å². The summed E-state index contributed by atoms with van der Waals surface area (Å²) >= 11 is 0. The van der Waals surface area contributed by atoms with E-state index in [2.05, 4.69) is 29.7 Å². The van der Waals surface area contributed by atoms with Crippen molar-refractivity contribution in [2.45, 2.75) is 38.8 Å². The number of benzene rings is 2. The van der Waals surface area contributed by atoms with Gasteiger partial charge in [0.2, 0.25) is 0 Å². The molecule has 4 N–H and O–H groups in total. The second kappa shape index (κ2) is 10.4. The Morgan fingerprint density at radius 2 is 1.62 bits per heavy atom. The summed E-state index contributed by atoms with van der Waals surface area (Å²) in [6, 6.07) is 19.2. The summed E-state index contributed by atoms with van der Waals surface area (Å²) in [5, 5.41) is 7.07. The third-order valence-corrected chi connectivity index (χ3v) is 4.27. The van der Waals surface area contributed by atoms with Crippen LogP contribution < -0.4 is 16.0 Å². The molecule has 0 radical (unpaired) electrons. The maximum absolute atomic E-state index is 12.6. The molecule has 0 spiro atoms. The Balaban J connectivity index is 2.01. The van der Waals surface area contributed by atoms with Crippen molar-refractivity contribution < 1.29 is 14.9 Å². The van der Waals surface area contributed by atoms with Gasteiger partial charge in [-0.15, -0.1) is 0 Å². The van der Waals surface area contributed by atoms with E-state index in [1.165, 1.54) is 5.56 Å². The van der Waals surface area contributed by atoms with Gasteiger partial charge >= 0.3 is 6.03 Å². The number of nitrogens with two attached hydrogens (primary N) is 1. The number of amides is 3. The molecule has 0 aromatic heterocycles. The molecule has 0 saturated heterocycles. The van der Waals surface area contributed by atoms with Crippen LogP contribution in [-0.4, -0.2) is 24.5 Å². The maximum Gasteiger partial charge on any atom is 0.321 e. The summed E-state index contributed by atoms with van der Waals surface area (Å²) < 4.78 is 0. The second-order valence-corrected chi connectivity index (χ2v) is 6.43. The summed E-state index contributed by atoms with van der Waals surface area (Å²) in [7, 11) is 0. The van der Waals surface area contributed by atoms with Crippen molar-refractivity contribution in [1.29, 1.82) is 0 Å². The second-order valence-electron chi connectivity index (χ2n) is 6.43. The molecule has 2 rings (SSSR count). The van der Waals surface area contributed by atoms with E-state index >= 15 is 0 Å². The third-order valence-electron chi connectivity index (χ3n) is 4.27. The number of imide groups is 1. The highest BCUT2D eigenvalue weighted by molar-refractivity contribution is 5.96. The van der Waals surface area contributed by atoms with Gasteiger partial charge in [0.1, 0.15) is 0 Å². The molecule has 138 valence electrons. The predicted octanol–water partition coefficient (Wildman–Crippen LogP) is 2.16. The Morgan fingerprint density at radius 3 is 2.23 bits per heavy atom. The van der Waals surface area contributed by atoms with Crippen LogP contribution in [0, 0.1) is 0 Å². The molecule has 0 fully saturated rings. The highest BCUT2D eigenvalue weighted by atomic mass is 16.2. The lowest BCUT2D eigenvalue weighted by Crippen LogP contribution is -2.92. The van der Waals surface area contributed by atoms with Crippen molar-refractivity contribution in [1.82, 2.24) is 10.6 Å². The van der Waals surface area contributed by atoms with E-state index in [0.29, 0.717) is 6.54 Å². The SMILES string of the molecule is CCNC(=O)NC(=O)[C@H]([NH2+][C@@H](C)CCc1ccccc1)c1ccccc1. The average molecular weight is 354 g/mol. The molecule has 2 aromatic rings. The first-order chi connectivity index (χ1) is 12.6. The molecule has 26 heavy (non-hydrogen) atoms. The van der Waals surface area contributed by atoms with Crippen LogP contribution in [-0.2, 0) is 11.2 Å². The Morgan fingerprint density at radius 1 is 1.00 bits per heavy atom. The molecule has 0 heterocycles. The van der Waals surface area contributed by atoms with Gasteiger partial charge in [-0.1, -0.05) is 60.7 Å². The minimum Gasteiger partial charge on any atom is -0.338 e. The van der Waals surface area contributed by atoms with E-state index in [1.54, 1.807) is 0 Å². The number of hydrogen-bond donors (Lipinski definition) is 3. The zero-order chi connectivity index (χ0) is 18.8. The molecular weight excluding hydrogens is 326 g/mol. The number of nitrogens with one attached hydrogen (secondary N) is 2. The minimum atomic E-state index is -0.455. The van der Waals surface area contributed by atoms with Crippen LogP contribution in [0.25, 0.3) is 0 Å². The molecule has 0 saturated carbocycles. The summed E-state index contributed by atoms with van der Waals surface area (Å²) in [5.74, 6) is -0.297. The van der Waals surface area contributed by atoms with Gasteiger partial charge in [0.15, 0.2) is 6.04 Å². The van der Waals surface area contributed by atoms with Gasteiger partial charge in [-0.3, -0.25) is 10.1 Å². The van der Waals surface area contributed by atoms with Crippen molar-refractivity contribution >= 4 is 11.9 Å². The van der Waals surface area contributed by atoms with Gasteiger partial charge in [0, 0.05) is 18.5 Å². The van der Waals surface area contributed by atoms with Crippen LogP contribution in [0.15, 0.2) is 60.7 Å². The molecule has 5 nitrogen and oxygen atoms in total. The molecule has 3 amide bonds. The van der Waals surface area contributed by atoms with Crippen molar-refractivity contribution in [3.63, 3.8) is 0 Å². The summed E-state index contributed by atoms with van der Waals surface area (Å²) in [6.07, 6.45) is 1.90. The van der Waals surface area contributed by atoms with Gasteiger partial charge < -0.3 is 10.6 Å². The Labute approximate surface area is 155 Å². The van der Waals surface area contributed by atoms with E-state index in [0.717, 1.165) is 18.4 Å². The molecule has 0 aliphatic heterocycles. The normalized spacial score (nSPS) is 12.8. The van der Waals surface area contributed by atoms with Crippen LogP contribution in [0.2, 0.25) is 0 Å². The number of quaternary nitrogens is 1. The standard InChI is InChI=1S/C21H27N3O2/c1-3-22-21(26)24-20(25)19(18-12-8-5-9-13-18)23-16(2)14-15-17-10-6-4-7-11-17/h4-13,16,19,23H,3,14-15H2,1-2H3,(H2,22,24,25,26)/p+1/t16-,19+/m0/s1. The summed E-state index contributed by atoms with van der Waals surface area (Å²) in [4.78, 5) is 24.4. The highest BCUT2D eigenvalue weighted by Crippen LogP contribution is 2.10. The quantitative estimate of drug-likeness (QED) is 0.679. The first kappa shape index (κ1) is 19.7. The lowest BCUT2D eigenvalue weighted by Gasteiger charge is -2.20. The molecular formula is C21H28N3O2+. The molecule has 5 heteroatoms. The molecule has 0 bridgehead atoms. The predicted molar refractivity (Wildman–Crippen MR) is 103 cm³/mol. The fourth-order valence-corrected chi connectivity index (χ4v) is 2.87. The molecule has 0 unspecified atom stereocenters. The lowest BCUT2D eigenvalue weighted by atomic mass is 10.0. The van der Waals surface area contributed by atoms with Crippen molar-refractivity contribution in [2.24, 2.45) is 0 Å². The number of hydrogen-bond acceptors (Lipinski definition) is 2. The monoisotopic (exact) mass is 354 g/mol. The van der Waals surface area contributed by atoms with E-state index in [-0.39, 0.29) is 11.9 Å². The third kappa shape index (κ3) is 6.33. The van der Waals surface area contributed by atoms with Gasteiger partial charge in [-0.25, -0.2) is 4.79 Å². The van der Waals surface area contributed by atoms with Crippen molar-refractivity contribution in [3.05, 3.63) is 71.8 Å². The smallest absolute Gasteiger partial charge is 0.321 e. The number of carbonyl (C=O) groups is 2. The van der Waals surface area contributed by atoms with Gasteiger partial charge in [0.05, 0.1) is 6.04 Å². The number of urea groups is 1. The minimum absolute atomic E-state index is 0.236. The molecule has 0 aliphatic carbocycles. The van der Waals surface area contributed by atoms with Crippen LogP contribution >= 0.6 is 0 Å². The van der Waals surface area contributed by atoms with E-state index < -0.39 is 12.1 Å². The first-order valence-corrected chi connectivity index (χ1v) is 9.12. The van der Waals surface area contributed by atoms with Crippen LogP contribution in [0.5, 0.6) is 0 Å². The van der Waals surface area contributed by atoms with Crippen molar-refractivity contribution in [2.75, 3.05) is 6.54 Å². The number of rotatable bonds is 8. The average Bonchev–Trinajstić information content (AvgIpc) is 2.66. The molecule has 2 aromatic carbocycles. The van der Waals surface area contributed by atoms with Crippen LogP contribution in [0.1, 0.15) is 37.4 Å². The van der Waals surface area contributed by atoms with Crippen LogP contribution in [0.4, 0.5) is 4.79 Å². The highest BCUT2D eigenvalue weighted by Gasteiger charge is 2.27. The molecule has 0 aliphatic rings. The van der Waals surface area contributed by atoms with E-state index in [1.807, 2.05) is 60.8 Å². The van der Waals surface area contributed by atoms with Gasteiger partial charge in [-0.2, -0.15) is 0 Å². The summed E-state index contributed by atoms with van der Waals surface area (Å²) in [5.41, 5.74) is 2.18. The fourth-order valence-electron chi connectivity index (χ4n) is 2.87. The zero-order valence-electron chi connectivity index (χ0n) is 15.4. The summed E-state index contributed by atoms with van der Waals surface area (Å²) in [6.45, 7) is 4.40. The number of aryl methyl sites for hydroxylation is 1. The van der Waals surface area contributed by atoms with Gasteiger partial charge in [-0.05, 0) is 25.8 Å². The lowest BCUT2D eigenvalue weighted by molar-refractivity contribution is -0.713. The zero-order valence-corrected chi connectivity index (χ0v) is 15.4. The Hall–Kier alpha value is -2.66. The van der Waals surface area contributed by atoms with Gasteiger partial charge in [0.25, 0.3) is 5.91 Å².